The van der Waals surface area contributed by atoms with E-state index >= 15 is 0 Å². The third-order valence-electron chi connectivity index (χ3n) is 5.39. The zero-order valence-corrected chi connectivity index (χ0v) is 19.1. The van der Waals surface area contributed by atoms with Crippen LogP contribution < -0.4 is 9.61 Å². The topological polar surface area (TPSA) is 90.2 Å². The molecule has 0 radical (unpaired) electrons. The van der Waals surface area contributed by atoms with Crippen molar-refractivity contribution in [1.29, 1.82) is 0 Å². The number of carbonyl (C=O) groups is 2. The summed E-state index contributed by atoms with van der Waals surface area (Å²) in [5.41, 5.74) is 3.27. The quantitative estimate of drug-likeness (QED) is 0.500. The number of aryl methyl sites for hydroxylation is 1. The molecule has 1 aliphatic rings. The number of amides is 1. The third-order valence-corrected chi connectivity index (χ3v) is 6.27. The van der Waals surface area contributed by atoms with Crippen LogP contribution in [0.3, 0.4) is 0 Å². The van der Waals surface area contributed by atoms with Crippen LogP contribution in [-0.4, -0.2) is 40.9 Å². The van der Waals surface area contributed by atoms with Crippen molar-refractivity contribution in [3.63, 3.8) is 0 Å². The molecule has 9 heteroatoms. The number of esters is 1. The van der Waals surface area contributed by atoms with Gasteiger partial charge in [-0.3, -0.25) is 19.0 Å². The molecule has 0 N–H and O–H groups in total. The van der Waals surface area contributed by atoms with Crippen LogP contribution in [0.2, 0.25) is 0 Å². The van der Waals surface area contributed by atoms with Gasteiger partial charge in [0.25, 0.3) is 5.91 Å². The summed E-state index contributed by atoms with van der Waals surface area (Å²) in [6.07, 6.45) is 0.527. The molecule has 1 unspecified atom stereocenters. The average molecular weight is 466 g/mol. The number of hydrogen-bond acceptors (Lipinski definition) is 7. The lowest BCUT2D eigenvalue weighted by atomic mass is 9.98. The molecule has 170 valence electrons. The lowest BCUT2D eigenvalue weighted by molar-refractivity contribution is -0.153. The summed E-state index contributed by atoms with van der Waals surface area (Å²) < 4.78 is 11.7. The standard InChI is InChI=1S/C24H23N3O5S/c1-16-15-33-24(30)26(16)13-23(29)32-14-22(28)27-21(18-8-10-19(31-2)11-9-18)12-20(25-27)17-6-4-3-5-7-17/h3-11,15,21H,12-14H2,1-2H3. The maximum absolute atomic E-state index is 13.0. The number of ether oxygens (including phenoxy) is 2. The van der Waals surface area contributed by atoms with Crippen molar-refractivity contribution in [2.75, 3.05) is 13.7 Å². The third kappa shape index (κ3) is 5.04. The smallest absolute Gasteiger partial charge is 0.326 e. The van der Waals surface area contributed by atoms with Gasteiger partial charge in [0.2, 0.25) is 0 Å². The fraction of sp³-hybridized carbons (Fsp3) is 0.250. The van der Waals surface area contributed by atoms with E-state index in [0.717, 1.165) is 28.2 Å². The Morgan fingerprint density at radius 3 is 2.48 bits per heavy atom. The van der Waals surface area contributed by atoms with Gasteiger partial charge in [-0.25, -0.2) is 5.01 Å². The molecular formula is C24H23N3O5S. The average Bonchev–Trinajstić information content (AvgIpc) is 3.43. The van der Waals surface area contributed by atoms with Crippen molar-refractivity contribution in [3.8, 4) is 5.75 Å². The number of methoxy groups -OCH3 is 1. The predicted octanol–water partition coefficient (Wildman–Crippen LogP) is 3.15. The van der Waals surface area contributed by atoms with E-state index in [-0.39, 0.29) is 17.5 Å². The molecule has 0 aliphatic carbocycles. The number of aromatic nitrogens is 1. The zero-order valence-electron chi connectivity index (χ0n) is 18.3. The first-order chi connectivity index (χ1) is 16.0. The molecule has 0 saturated heterocycles. The second kappa shape index (κ2) is 9.83. The van der Waals surface area contributed by atoms with E-state index in [0.29, 0.717) is 17.9 Å². The van der Waals surface area contributed by atoms with E-state index in [9.17, 15) is 14.4 Å². The highest BCUT2D eigenvalue weighted by Gasteiger charge is 2.33. The first kappa shape index (κ1) is 22.5. The SMILES string of the molecule is COc1ccc(C2CC(c3ccccc3)=NN2C(=O)COC(=O)Cn2c(C)csc2=O)cc1. The Hall–Kier alpha value is -3.72. The minimum Gasteiger partial charge on any atom is -0.497 e. The van der Waals surface area contributed by atoms with Crippen LogP contribution in [0.1, 0.15) is 29.3 Å². The van der Waals surface area contributed by atoms with Crippen LogP contribution >= 0.6 is 11.3 Å². The van der Waals surface area contributed by atoms with Crippen LogP contribution in [0, 0.1) is 6.92 Å². The van der Waals surface area contributed by atoms with E-state index in [2.05, 4.69) is 5.10 Å². The van der Waals surface area contributed by atoms with Gasteiger partial charge in [-0.15, -0.1) is 0 Å². The van der Waals surface area contributed by atoms with Gasteiger partial charge in [0, 0.05) is 17.5 Å². The molecule has 0 spiro atoms. The molecule has 2 heterocycles. The summed E-state index contributed by atoms with van der Waals surface area (Å²) in [6.45, 7) is 1.04. The Kier molecular flexibility index (Phi) is 6.69. The number of nitrogens with zero attached hydrogens (tertiary/aromatic N) is 3. The largest absolute Gasteiger partial charge is 0.497 e. The lowest BCUT2D eigenvalue weighted by Crippen LogP contribution is -2.32. The first-order valence-electron chi connectivity index (χ1n) is 10.4. The van der Waals surface area contributed by atoms with Gasteiger partial charge >= 0.3 is 10.8 Å². The second-order valence-electron chi connectivity index (χ2n) is 7.53. The Morgan fingerprint density at radius 1 is 1.12 bits per heavy atom. The molecule has 1 amide bonds. The first-order valence-corrected chi connectivity index (χ1v) is 11.2. The zero-order chi connectivity index (χ0) is 23.4. The molecule has 4 rings (SSSR count). The summed E-state index contributed by atoms with van der Waals surface area (Å²) in [7, 11) is 1.59. The van der Waals surface area contributed by atoms with Gasteiger partial charge in [-0.2, -0.15) is 5.10 Å². The maximum atomic E-state index is 13.0. The monoisotopic (exact) mass is 465 g/mol. The Morgan fingerprint density at radius 2 is 1.85 bits per heavy atom. The van der Waals surface area contributed by atoms with Gasteiger partial charge < -0.3 is 9.47 Å². The van der Waals surface area contributed by atoms with Gasteiger partial charge in [-0.05, 0) is 30.2 Å². The molecular weight excluding hydrogens is 442 g/mol. The highest BCUT2D eigenvalue weighted by Crippen LogP contribution is 2.33. The van der Waals surface area contributed by atoms with Crippen molar-refractivity contribution >= 4 is 28.9 Å². The molecule has 1 atom stereocenters. The maximum Gasteiger partial charge on any atom is 0.326 e. The van der Waals surface area contributed by atoms with Crippen molar-refractivity contribution in [2.45, 2.75) is 25.9 Å². The Balaban J connectivity index is 1.50. The van der Waals surface area contributed by atoms with Crippen LogP contribution in [0.5, 0.6) is 5.75 Å². The van der Waals surface area contributed by atoms with E-state index in [1.54, 1.807) is 19.4 Å². The summed E-state index contributed by atoms with van der Waals surface area (Å²) in [4.78, 5) is 36.8. The minimum atomic E-state index is -0.653. The van der Waals surface area contributed by atoms with Crippen molar-refractivity contribution in [1.82, 2.24) is 9.58 Å². The molecule has 0 bridgehead atoms. The fourth-order valence-corrected chi connectivity index (χ4v) is 4.34. The number of carbonyl (C=O) groups excluding carboxylic acids is 2. The highest BCUT2D eigenvalue weighted by atomic mass is 32.1. The number of rotatable bonds is 7. The van der Waals surface area contributed by atoms with E-state index in [1.165, 1.54) is 9.58 Å². The Labute approximate surface area is 194 Å². The highest BCUT2D eigenvalue weighted by molar-refractivity contribution is 7.07. The van der Waals surface area contributed by atoms with Gasteiger partial charge in [-0.1, -0.05) is 53.8 Å². The lowest BCUT2D eigenvalue weighted by Gasteiger charge is -2.22. The number of thiazole rings is 1. The number of benzene rings is 2. The van der Waals surface area contributed by atoms with Crippen LogP contribution in [0.4, 0.5) is 0 Å². The van der Waals surface area contributed by atoms with E-state index in [4.69, 9.17) is 9.47 Å². The Bertz CT molecular complexity index is 1230. The van der Waals surface area contributed by atoms with Crippen LogP contribution in [-0.2, 0) is 20.9 Å². The fourth-order valence-electron chi connectivity index (χ4n) is 3.61. The van der Waals surface area contributed by atoms with Crippen molar-refractivity contribution in [3.05, 3.63) is 86.5 Å². The number of hydrazone groups is 1. The summed E-state index contributed by atoms with van der Waals surface area (Å²) >= 11 is 1.01. The van der Waals surface area contributed by atoms with Crippen LogP contribution in [0.15, 0.2) is 69.9 Å². The van der Waals surface area contributed by atoms with E-state index in [1.807, 2.05) is 54.6 Å². The van der Waals surface area contributed by atoms with Gasteiger partial charge in [0.1, 0.15) is 12.3 Å². The molecule has 0 fully saturated rings. The van der Waals surface area contributed by atoms with Crippen LogP contribution in [0.25, 0.3) is 0 Å². The molecule has 33 heavy (non-hydrogen) atoms. The molecule has 1 aromatic heterocycles. The predicted molar refractivity (Wildman–Crippen MR) is 124 cm³/mol. The number of hydrogen-bond donors (Lipinski definition) is 0. The molecule has 1 aliphatic heterocycles. The molecule has 3 aromatic rings. The minimum absolute atomic E-state index is 0.234. The van der Waals surface area contributed by atoms with E-state index < -0.39 is 18.5 Å². The van der Waals surface area contributed by atoms with Gasteiger partial charge in [0.05, 0.1) is 18.9 Å². The van der Waals surface area contributed by atoms with Crippen molar-refractivity contribution < 1.29 is 19.1 Å². The summed E-state index contributed by atoms with van der Waals surface area (Å²) in [5.74, 6) is -0.379. The van der Waals surface area contributed by atoms with Gasteiger partial charge in [0.15, 0.2) is 6.61 Å². The van der Waals surface area contributed by atoms with Crippen molar-refractivity contribution in [2.24, 2.45) is 5.10 Å². The normalized spacial score (nSPS) is 15.3. The summed E-state index contributed by atoms with van der Waals surface area (Å²) in [5, 5.41) is 7.61. The molecule has 2 aromatic carbocycles. The molecule has 0 saturated carbocycles. The molecule has 8 nitrogen and oxygen atoms in total. The summed E-state index contributed by atoms with van der Waals surface area (Å²) in [6, 6.07) is 16.8. The second-order valence-corrected chi connectivity index (χ2v) is 8.35.